The first kappa shape index (κ1) is 13.5. The predicted octanol–water partition coefficient (Wildman–Crippen LogP) is 2.03. The molecule has 0 unspecified atom stereocenters. The minimum absolute atomic E-state index is 0.197. The highest BCUT2D eigenvalue weighted by Crippen LogP contribution is 2.28. The Hall–Kier alpha value is -1.52. The van der Waals surface area contributed by atoms with Crippen molar-refractivity contribution in [3.63, 3.8) is 0 Å². The van der Waals surface area contributed by atoms with Crippen LogP contribution >= 0.6 is 0 Å². The highest BCUT2D eigenvalue weighted by molar-refractivity contribution is 5.79. The van der Waals surface area contributed by atoms with E-state index in [1.165, 1.54) is 6.08 Å². The molecule has 0 aliphatic heterocycles. The van der Waals surface area contributed by atoms with Crippen LogP contribution in [-0.4, -0.2) is 40.3 Å². The fourth-order valence-corrected chi connectivity index (χ4v) is 1.35. The quantitative estimate of drug-likeness (QED) is 0.765. The van der Waals surface area contributed by atoms with Gasteiger partial charge in [0.05, 0.1) is 0 Å². The van der Waals surface area contributed by atoms with Crippen molar-refractivity contribution in [3.8, 4) is 0 Å². The highest BCUT2D eigenvalue weighted by atomic mass is 16.6. The SMILES string of the molecule is CC(C)(C)OC(=O)N(CC=CC(=O)O)C1CC1. The molecule has 17 heavy (non-hydrogen) atoms. The average Bonchev–Trinajstić information content (AvgIpc) is 2.91. The maximum absolute atomic E-state index is 11.8. The zero-order valence-electron chi connectivity index (χ0n) is 10.5. The van der Waals surface area contributed by atoms with Crippen LogP contribution in [0.4, 0.5) is 4.79 Å². The molecule has 5 heteroatoms. The fourth-order valence-electron chi connectivity index (χ4n) is 1.35. The lowest BCUT2D eigenvalue weighted by atomic mass is 10.2. The summed E-state index contributed by atoms with van der Waals surface area (Å²) >= 11 is 0. The first-order chi connectivity index (χ1) is 7.79. The lowest BCUT2D eigenvalue weighted by Crippen LogP contribution is -2.38. The third-order valence-corrected chi connectivity index (χ3v) is 2.18. The summed E-state index contributed by atoms with van der Waals surface area (Å²) < 4.78 is 5.26. The molecule has 0 aromatic carbocycles. The predicted molar refractivity (Wildman–Crippen MR) is 62.7 cm³/mol. The Morgan fingerprint density at radius 3 is 2.41 bits per heavy atom. The lowest BCUT2D eigenvalue weighted by Gasteiger charge is -2.26. The molecule has 1 aliphatic rings. The Balaban J connectivity index is 2.54. The topological polar surface area (TPSA) is 66.8 Å². The standard InChI is InChI=1S/C12H19NO4/c1-12(2,3)17-11(16)13(9-6-7-9)8-4-5-10(14)15/h4-5,9H,6-8H2,1-3H3,(H,14,15). The molecule has 1 N–H and O–H groups in total. The maximum atomic E-state index is 11.8. The van der Waals surface area contributed by atoms with Crippen molar-refractivity contribution in [3.05, 3.63) is 12.2 Å². The van der Waals surface area contributed by atoms with Crippen molar-refractivity contribution in [1.82, 2.24) is 4.90 Å². The van der Waals surface area contributed by atoms with E-state index in [2.05, 4.69) is 0 Å². The molecule has 0 aromatic rings. The van der Waals surface area contributed by atoms with E-state index in [1.54, 1.807) is 4.90 Å². The van der Waals surface area contributed by atoms with E-state index in [9.17, 15) is 9.59 Å². The molecule has 1 aliphatic carbocycles. The van der Waals surface area contributed by atoms with Gasteiger partial charge in [0.25, 0.3) is 0 Å². The molecule has 1 rings (SSSR count). The number of carboxylic acids is 1. The van der Waals surface area contributed by atoms with E-state index < -0.39 is 11.6 Å². The number of carboxylic acid groups (broad SMARTS) is 1. The van der Waals surface area contributed by atoms with Gasteiger partial charge in [-0.05, 0) is 33.6 Å². The molecule has 1 saturated carbocycles. The minimum Gasteiger partial charge on any atom is -0.478 e. The summed E-state index contributed by atoms with van der Waals surface area (Å²) in [6.45, 7) is 5.71. The van der Waals surface area contributed by atoms with Crippen LogP contribution < -0.4 is 0 Å². The summed E-state index contributed by atoms with van der Waals surface area (Å²) in [5.41, 5.74) is -0.527. The van der Waals surface area contributed by atoms with Gasteiger partial charge in [-0.2, -0.15) is 0 Å². The number of hydrogen-bond donors (Lipinski definition) is 1. The van der Waals surface area contributed by atoms with Crippen LogP contribution in [0, 0.1) is 0 Å². The Kier molecular flexibility index (Phi) is 4.15. The zero-order chi connectivity index (χ0) is 13.1. The normalized spacial score (nSPS) is 15.9. The second-order valence-electron chi connectivity index (χ2n) is 5.10. The van der Waals surface area contributed by atoms with Gasteiger partial charge in [0.1, 0.15) is 5.60 Å². The summed E-state index contributed by atoms with van der Waals surface area (Å²) in [7, 11) is 0. The molecular weight excluding hydrogens is 222 g/mol. The second kappa shape index (κ2) is 5.21. The van der Waals surface area contributed by atoms with Crippen LogP contribution in [0.5, 0.6) is 0 Å². The van der Waals surface area contributed by atoms with Crippen LogP contribution in [0.3, 0.4) is 0 Å². The largest absolute Gasteiger partial charge is 0.478 e. The second-order valence-corrected chi connectivity index (χ2v) is 5.10. The first-order valence-electron chi connectivity index (χ1n) is 5.68. The minimum atomic E-state index is -1.01. The number of ether oxygens (including phenoxy) is 1. The highest BCUT2D eigenvalue weighted by Gasteiger charge is 2.34. The Morgan fingerprint density at radius 1 is 1.41 bits per heavy atom. The van der Waals surface area contributed by atoms with Gasteiger partial charge in [0, 0.05) is 18.7 Å². The number of hydrogen-bond acceptors (Lipinski definition) is 3. The van der Waals surface area contributed by atoms with Crippen LogP contribution in [0.15, 0.2) is 12.2 Å². The van der Waals surface area contributed by atoms with Gasteiger partial charge in [-0.15, -0.1) is 0 Å². The molecule has 0 saturated heterocycles. The Morgan fingerprint density at radius 2 is 2.00 bits per heavy atom. The Labute approximate surface area is 101 Å². The summed E-state index contributed by atoms with van der Waals surface area (Å²) in [4.78, 5) is 23.8. The summed E-state index contributed by atoms with van der Waals surface area (Å²) in [6.07, 6.45) is 4.04. The molecule has 0 atom stereocenters. The monoisotopic (exact) mass is 241 g/mol. The van der Waals surface area contributed by atoms with Crippen LogP contribution in [0.25, 0.3) is 0 Å². The Bertz CT molecular complexity index is 326. The number of carbonyl (C=O) groups excluding carboxylic acids is 1. The average molecular weight is 241 g/mol. The fraction of sp³-hybridized carbons (Fsp3) is 0.667. The molecule has 0 bridgehead atoms. The molecule has 1 fully saturated rings. The molecule has 5 nitrogen and oxygen atoms in total. The van der Waals surface area contributed by atoms with Crippen LogP contribution in [0.2, 0.25) is 0 Å². The maximum Gasteiger partial charge on any atom is 0.410 e. The van der Waals surface area contributed by atoms with E-state index in [0.717, 1.165) is 18.9 Å². The molecule has 1 amide bonds. The molecule has 96 valence electrons. The molecule has 0 spiro atoms. The van der Waals surface area contributed by atoms with Crippen molar-refractivity contribution in [2.75, 3.05) is 6.54 Å². The van der Waals surface area contributed by atoms with Gasteiger partial charge in [0.2, 0.25) is 0 Å². The number of amides is 1. The third-order valence-electron chi connectivity index (χ3n) is 2.18. The van der Waals surface area contributed by atoms with Gasteiger partial charge in [0.15, 0.2) is 0 Å². The van der Waals surface area contributed by atoms with Crippen molar-refractivity contribution in [1.29, 1.82) is 0 Å². The smallest absolute Gasteiger partial charge is 0.410 e. The molecule has 0 aromatic heterocycles. The summed E-state index contributed by atoms with van der Waals surface area (Å²) in [5, 5.41) is 8.48. The number of nitrogens with zero attached hydrogens (tertiary/aromatic N) is 1. The van der Waals surface area contributed by atoms with E-state index in [1.807, 2.05) is 20.8 Å². The van der Waals surface area contributed by atoms with Crippen LogP contribution in [0.1, 0.15) is 33.6 Å². The van der Waals surface area contributed by atoms with Crippen molar-refractivity contribution >= 4 is 12.1 Å². The molecule has 0 heterocycles. The third kappa shape index (κ3) is 5.38. The van der Waals surface area contributed by atoms with Gasteiger partial charge in [-0.3, -0.25) is 0 Å². The zero-order valence-corrected chi connectivity index (χ0v) is 10.5. The van der Waals surface area contributed by atoms with Crippen molar-refractivity contribution < 1.29 is 19.4 Å². The summed E-state index contributed by atoms with van der Waals surface area (Å²) in [5.74, 6) is -1.01. The summed E-state index contributed by atoms with van der Waals surface area (Å²) in [6, 6.07) is 0.197. The lowest BCUT2D eigenvalue weighted by molar-refractivity contribution is -0.131. The van der Waals surface area contributed by atoms with Gasteiger partial charge >= 0.3 is 12.1 Å². The first-order valence-corrected chi connectivity index (χ1v) is 5.68. The number of carbonyl (C=O) groups is 2. The van der Waals surface area contributed by atoms with Gasteiger partial charge in [-0.1, -0.05) is 6.08 Å². The molecule has 0 radical (unpaired) electrons. The van der Waals surface area contributed by atoms with Crippen molar-refractivity contribution in [2.45, 2.75) is 45.3 Å². The van der Waals surface area contributed by atoms with Crippen LogP contribution in [-0.2, 0) is 9.53 Å². The molecular formula is C12H19NO4. The van der Waals surface area contributed by atoms with Crippen molar-refractivity contribution in [2.24, 2.45) is 0 Å². The van der Waals surface area contributed by atoms with E-state index in [-0.39, 0.29) is 18.7 Å². The number of aliphatic carboxylic acids is 1. The van der Waals surface area contributed by atoms with Gasteiger partial charge in [-0.25, -0.2) is 9.59 Å². The number of rotatable bonds is 4. The van der Waals surface area contributed by atoms with E-state index in [0.29, 0.717) is 0 Å². The van der Waals surface area contributed by atoms with Gasteiger partial charge < -0.3 is 14.7 Å². The van der Waals surface area contributed by atoms with E-state index >= 15 is 0 Å². The van der Waals surface area contributed by atoms with E-state index in [4.69, 9.17) is 9.84 Å².